The minimum atomic E-state index is 0. The van der Waals surface area contributed by atoms with Gasteiger partial charge in [-0.25, -0.2) is 0 Å². The van der Waals surface area contributed by atoms with Crippen LogP contribution in [0.15, 0.2) is 328 Å². The molecule has 0 aliphatic heterocycles. The van der Waals surface area contributed by atoms with Gasteiger partial charge in [0.15, 0.2) is 0 Å². The Kier molecular flexibility index (Phi) is 17.2. The van der Waals surface area contributed by atoms with Crippen molar-refractivity contribution in [1.82, 2.24) is 14.1 Å². The third-order valence-electron chi connectivity index (χ3n) is 17.8. The fourth-order valence-electron chi connectivity index (χ4n) is 13.3. The number of anilines is 3. The second kappa shape index (κ2) is 26.8. The number of pyridine rings is 1. The third-order valence-corrected chi connectivity index (χ3v) is 17.8. The molecule has 5 heteroatoms. The maximum absolute atomic E-state index is 4.56. The van der Waals surface area contributed by atoms with E-state index in [0.29, 0.717) is 0 Å². The SMILES string of the molecule is CCCCCCc1c[c-]c(-c2nccc3ccccc23)cc1.[Ir].c1ccc(-c2cccc(-c3ccc(N(c4ccc(-c5cccc(-n6c7ccccc7c7ccccc76)c5)cc4)c4ccc(-c5cccc(-n6c7ccccc7c7ccccc76)c5)cc4)cc3)c2)cc1. The molecule has 16 aromatic rings. The summed E-state index contributed by atoms with van der Waals surface area (Å²) in [6, 6.07) is 119. The van der Waals surface area contributed by atoms with Crippen LogP contribution in [0.4, 0.5) is 17.1 Å². The summed E-state index contributed by atoms with van der Waals surface area (Å²) in [6.45, 7) is 2.25. The second-order valence-corrected chi connectivity index (χ2v) is 23.6. The molecule has 92 heavy (non-hydrogen) atoms. The Morgan fingerprint density at radius 1 is 0.337 bits per heavy atom. The molecule has 0 atom stereocenters. The van der Waals surface area contributed by atoms with Crippen molar-refractivity contribution in [3.63, 3.8) is 0 Å². The number of aryl methyl sites for hydroxylation is 1. The van der Waals surface area contributed by atoms with Gasteiger partial charge in [-0.3, -0.25) is 0 Å². The molecule has 0 saturated carbocycles. The molecule has 0 unspecified atom stereocenters. The van der Waals surface area contributed by atoms with Crippen LogP contribution < -0.4 is 4.90 Å². The zero-order valence-corrected chi connectivity index (χ0v) is 53.7. The number of fused-ring (bicyclic) bond motifs is 7. The van der Waals surface area contributed by atoms with Gasteiger partial charge in [0, 0.05) is 76.3 Å². The first kappa shape index (κ1) is 59.0. The van der Waals surface area contributed by atoms with Crippen LogP contribution >= 0.6 is 0 Å². The van der Waals surface area contributed by atoms with Gasteiger partial charge >= 0.3 is 0 Å². The van der Waals surface area contributed by atoms with Crippen LogP contribution in [0.3, 0.4) is 0 Å². The predicted octanol–water partition coefficient (Wildman–Crippen LogP) is 23.8. The van der Waals surface area contributed by atoms with Crippen LogP contribution in [0.25, 0.3) is 122 Å². The largest absolute Gasteiger partial charge is 0.311 e. The van der Waals surface area contributed by atoms with Gasteiger partial charge in [-0.1, -0.05) is 245 Å². The first-order valence-corrected chi connectivity index (χ1v) is 31.9. The van der Waals surface area contributed by atoms with Crippen molar-refractivity contribution in [1.29, 1.82) is 0 Å². The van der Waals surface area contributed by atoms with Crippen molar-refractivity contribution in [2.45, 2.75) is 39.0 Å². The number of para-hydroxylation sites is 4. The van der Waals surface area contributed by atoms with E-state index in [-0.39, 0.29) is 20.1 Å². The van der Waals surface area contributed by atoms with Gasteiger partial charge in [0.05, 0.1) is 22.1 Å². The average Bonchev–Trinajstić information content (AvgIpc) is 1.61. The zero-order valence-electron chi connectivity index (χ0n) is 51.3. The molecule has 16 rings (SSSR count). The van der Waals surface area contributed by atoms with E-state index in [0.717, 1.165) is 57.2 Å². The molecule has 0 aliphatic rings. The third kappa shape index (κ3) is 11.9. The van der Waals surface area contributed by atoms with Crippen LogP contribution in [0.2, 0.25) is 0 Å². The van der Waals surface area contributed by atoms with Gasteiger partial charge in [-0.05, 0) is 158 Å². The van der Waals surface area contributed by atoms with E-state index in [9.17, 15) is 0 Å². The summed E-state index contributed by atoms with van der Waals surface area (Å²) in [5, 5.41) is 7.46. The fourth-order valence-corrected chi connectivity index (χ4v) is 13.3. The first-order chi connectivity index (χ1) is 45.1. The molecule has 0 saturated heterocycles. The zero-order chi connectivity index (χ0) is 60.9. The summed E-state index contributed by atoms with van der Waals surface area (Å²) in [5.41, 5.74) is 23.3. The Labute approximate surface area is 552 Å². The normalized spacial score (nSPS) is 11.2. The molecule has 1 radical (unpaired) electrons. The molecule has 0 aliphatic carbocycles. The molecule has 3 aromatic heterocycles. The van der Waals surface area contributed by atoms with Crippen LogP contribution in [-0.4, -0.2) is 14.1 Å². The van der Waals surface area contributed by atoms with E-state index in [1.807, 2.05) is 6.20 Å². The van der Waals surface area contributed by atoms with Gasteiger partial charge in [-0.15, -0.1) is 35.4 Å². The molecular formula is C87H67IrN4-. The minimum absolute atomic E-state index is 0. The Balaban J connectivity index is 0.000000271. The van der Waals surface area contributed by atoms with Gasteiger partial charge in [-0.2, -0.15) is 0 Å². The van der Waals surface area contributed by atoms with Crippen LogP contribution in [-0.2, 0) is 26.5 Å². The number of hydrogen-bond donors (Lipinski definition) is 0. The smallest absolute Gasteiger partial charge is 0.0541 e. The summed E-state index contributed by atoms with van der Waals surface area (Å²) in [7, 11) is 0. The molecule has 445 valence electrons. The van der Waals surface area contributed by atoms with E-state index < -0.39 is 0 Å². The quantitative estimate of drug-likeness (QED) is 0.0755. The molecule has 0 N–H and O–H groups in total. The number of rotatable bonds is 15. The number of unbranched alkanes of at least 4 members (excludes halogenated alkanes) is 3. The van der Waals surface area contributed by atoms with Crippen LogP contribution in [0.5, 0.6) is 0 Å². The average molecular weight is 1360 g/mol. The maximum Gasteiger partial charge on any atom is 0.0541 e. The second-order valence-electron chi connectivity index (χ2n) is 23.6. The maximum atomic E-state index is 4.56. The van der Waals surface area contributed by atoms with Crippen molar-refractivity contribution in [2.75, 3.05) is 4.90 Å². The molecule has 0 amide bonds. The first-order valence-electron chi connectivity index (χ1n) is 31.9. The number of benzene rings is 13. The molecular weight excluding hydrogens is 1290 g/mol. The summed E-state index contributed by atoms with van der Waals surface area (Å²) in [6.07, 6.45) is 8.25. The van der Waals surface area contributed by atoms with Gasteiger partial charge in [0.25, 0.3) is 0 Å². The van der Waals surface area contributed by atoms with Gasteiger partial charge < -0.3 is 19.0 Å². The van der Waals surface area contributed by atoms with E-state index in [1.54, 1.807) is 0 Å². The summed E-state index contributed by atoms with van der Waals surface area (Å²) < 4.78 is 4.77. The molecule has 0 fully saturated rings. The van der Waals surface area contributed by atoms with Gasteiger partial charge in [0.1, 0.15) is 0 Å². The monoisotopic (exact) mass is 1360 g/mol. The molecule has 13 aromatic carbocycles. The van der Waals surface area contributed by atoms with Crippen molar-refractivity contribution >= 4 is 71.4 Å². The molecule has 0 bridgehead atoms. The topological polar surface area (TPSA) is 26.0 Å². The Bertz CT molecular complexity index is 4890. The van der Waals surface area contributed by atoms with Crippen molar-refractivity contribution in [3.8, 4) is 67.1 Å². The van der Waals surface area contributed by atoms with Crippen molar-refractivity contribution in [2.24, 2.45) is 0 Å². The Hall–Kier alpha value is -10.7. The standard InChI is InChI=1S/C66H45N3.C21H22N.Ir/c1-2-15-46(16-3-1)50-17-12-18-51(43-50)47-31-37-54(38-32-47)67(55-39-33-48(34-40-55)52-19-13-21-57(44-52)68-63-27-8-4-23-59(63)60-24-5-9-28-64(60)68)56-41-35-49(36-42-56)53-20-14-22-58(45-53)69-65-29-10-6-25-61(65)62-26-7-11-30-66(62)69;1-2-3-4-5-8-17-11-13-19(14-12-17)21-20-10-7-6-9-18(20)15-16-22-21;/h1-45H;6-7,9-13,15-16H,2-5,8H2,1H3;/q;-1;. The molecule has 3 heterocycles. The number of nitrogens with zero attached hydrogens (tertiary/aromatic N) is 4. The summed E-state index contributed by atoms with van der Waals surface area (Å²) >= 11 is 0. The molecule has 4 nitrogen and oxygen atoms in total. The van der Waals surface area contributed by atoms with E-state index in [2.05, 4.69) is 354 Å². The van der Waals surface area contributed by atoms with Gasteiger partial charge in [0.2, 0.25) is 0 Å². The van der Waals surface area contributed by atoms with Crippen LogP contribution in [0.1, 0.15) is 38.2 Å². The minimum Gasteiger partial charge on any atom is -0.311 e. The van der Waals surface area contributed by atoms with E-state index >= 15 is 0 Å². The summed E-state index contributed by atoms with van der Waals surface area (Å²) in [5.74, 6) is 0. The Morgan fingerprint density at radius 3 is 1.20 bits per heavy atom. The Morgan fingerprint density at radius 2 is 0.739 bits per heavy atom. The van der Waals surface area contributed by atoms with Crippen molar-refractivity contribution < 1.29 is 20.1 Å². The number of hydrogen-bond acceptors (Lipinski definition) is 2. The number of aromatic nitrogens is 3. The predicted molar refractivity (Wildman–Crippen MR) is 385 cm³/mol. The van der Waals surface area contributed by atoms with E-state index in [1.165, 1.54) is 119 Å². The van der Waals surface area contributed by atoms with Crippen LogP contribution in [0, 0.1) is 6.07 Å². The fraction of sp³-hybridized carbons (Fsp3) is 0.0690. The van der Waals surface area contributed by atoms with Crippen molar-refractivity contribution in [3.05, 3.63) is 339 Å². The van der Waals surface area contributed by atoms with E-state index in [4.69, 9.17) is 0 Å². The molecule has 0 spiro atoms. The summed E-state index contributed by atoms with van der Waals surface area (Å²) in [4.78, 5) is 6.92.